The van der Waals surface area contributed by atoms with Crippen molar-refractivity contribution in [1.29, 1.82) is 0 Å². The highest BCUT2D eigenvalue weighted by molar-refractivity contribution is 7.91. The molecule has 1 N–H and O–H groups in total. The van der Waals surface area contributed by atoms with Crippen molar-refractivity contribution in [2.75, 3.05) is 37.7 Å². The van der Waals surface area contributed by atoms with Gasteiger partial charge in [0.25, 0.3) is 0 Å². The third-order valence-corrected chi connectivity index (χ3v) is 4.64. The first-order chi connectivity index (χ1) is 7.07. The molecule has 5 nitrogen and oxygen atoms in total. The van der Waals surface area contributed by atoms with Gasteiger partial charge in [0, 0.05) is 19.5 Å². The second-order valence-corrected chi connectivity index (χ2v) is 6.56. The normalized spacial score (nSPS) is 26.0. The van der Waals surface area contributed by atoms with Crippen molar-refractivity contribution in [2.45, 2.75) is 6.42 Å². The van der Waals surface area contributed by atoms with Crippen molar-refractivity contribution in [3.63, 3.8) is 0 Å². The van der Waals surface area contributed by atoms with Crippen LogP contribution in [0.1, 0.15) is 6.42 Å². The van der Waals surface area contributed by atoms with Gasteiger partial charge >= 0.3 is 0 Å². The number of rotatable bonds is 2. The van der Waals surface area contributed by atoms with Crippen LogP contribution in [0.4, 0.5) is 0 Å². The smallest absolute Gasteiger partial charge is 0.223 e. The van der Waals surface area contributed by atoms with E-state index in [2.05, 4.69) is 5.32 Å². The Labute approximate surface area is 89.7 Å². The summed E-state index contributed by atoms with van der Waals surface area (Å²) in [6.07, 6.45) is 0.563. The average molecular weight is 232 g/mol. The standard InChI is InChI=1S/C9H16N2O3S/c12-9(5-8-6-10-7-8)11-1-3-15(13,14)4-2-11/h8,10H,1-7H2. The van der Waals surface area contributed by atoms with Crippen molar-refractivity contribution in [2.24, 2.45) is 5.92 Å². The summed E-state index contributed by atoms with van der Waals surface area (Å²) in [7, 11) is -2.88. The van der Waals surface area contributed by atoms with Gasteiger partial charge in [0.2, 0.25) is 5.91 Å². The summed E-state index contributed by atoms with van der Waals surface area (Å²) in [4.78, 5) is 13.4. The molecule has 2 rings (SSSR count). The van der Waals surface area contributed by atoms with E-state index in [1.54, 1.807) is 4.90 Å². The summed E-state index contributed by atoms with van der Waals surface area (Å²) in [6, 6.07) is 0. The van der Waals surface area contributed by atoms with E-state index < -0.39 is 9.84 Å². The molecule has 15 heavy (non-hydrogen) atoms. The second kappa shape index (κ2) is 4.09. The van der Waals surface area contributed by atoms with Gasteiger partial charge < -0.3 is 10.2 Å². The lowest BCUT2D eigenvalue weighted by Crippen LogP contribution is -2.48. The molecular weight excluding hydrogens is 216 g/mol. The SMILES string of the molecule is O=C(CC1CNC1)N1CCS(=O)(=O)CC1. The second-order valence-electron chi connectivity index (χ2n) is 4.26. The fourth-order valence-corrected chi connectivity index (χ4v) is 3.03. The van der Waals surface area contributed by atoms with Crippen LogP contribution >= 0.6 is 0 Å². The minimum atomic E-state index is -2.88. The molecule has 0 unspecified atom stereocenters. The lowest BCUT2D eigenvalue weighted by molar-refractivity contribution is -0.132. The highest BCUT2D eigenvalue weighted by atomic mass is 32.2. The molecular formula is C9H16N2O3S. The number of hydrogen-bond acceptors (Lipinski definition) is 4. The zero-order valence-electron chi connectivity index (χ0n) is 8.61. The molecule has 0 aliphatic carbocycles. The van der Waals surface area contributed by atoms with Crippen molar-refractivity contribution in [3.05, 3.63) is 0 Å². The number of hydrogen-bond donors (Lipinski definition) is 1. The number of carbonyl (C=O) groups is 1. The molecule has 86 valence electrons. The molecule has 2 heterocycles. The van der Waals surface area contributed by atoms with Crippen LogP contribution in [0.2, 0.25) is 0 Å². The zero-order chi connectivity index (χ0) is 10.9. The van der Waals surface area contributed by atoms with Crippen molar-refractivity contribution >= 4 is 15.7 Å². The summed E-state index contributed by atoms with van der Waals surface area (Å²) in [6.45, 7) is 2.58. The molecule has 0 aromatic heterocycles. The summed E-state index contributed by atoms with van der Waals surface area (Å²) >= 11 is 0. The zero-order valence-corrected chi connectivity index (χ0v) is 9.42. The molecule has 0 radical (unpaired) electrons. The number of sulfone groups is 1. The first kappa shape index (κ1) is 10.9. The monoisotopic (exact) mass is 232 g/mol. The van der Waals surface area contributed by atoms with Crippen molar-refractivity contribution < 1.29 is 13.2 Å². The molecule has 0 saturated carbocycles. The van der Waals surface area contributed by atoms with Gasteiger partial charge in [-0.1, -0.05) is 0 Å². The van der Waals surface area contributed by atoms with Crippen LogP contribution in [0.3, 0.4) is 0 Å². The first-order valence-electron chi connectivity index (χ1n) is 5.26. The van der Waals surface area contributed by atoms with E-state index >= 15 is 0 Å². The average Bonchev–Trinajstić information content (AvgIpc) is 2.11. The number of carbonyl (C=O) groups excluding carboxylic acids is 1. The van der Waals surface area contributed by atoms with Gasteiger partial charge in [-0.25, -0.2) is 8.42 Å². The Morgan fingerprint density at radius 1 is 1.27 bits per heavy atom. The van der Waals surface area contributed by atoms with Crippen LogP contribution in [-0.4, -0.2) is 56.9 Å². The van der Waals surface area contributed by atoms with E-state index in [0.29, 0.717) is 25.4 Å². The number of nitrogens with one attached hydrogen (secondary N) is 1. The minimum absolute atomic E-state index is 0.108. The van der Waals surface area contributed by atoms with E-state index in [1.165, 1.54) is 0 Å². The van der Waals surface area contributed by atoms with Crippen LogP contribution in [0, 0.1) is 5.92 Å². The van der Waals surface area contributed by atoms with Crippen LogP contribution < -0.4 is 5.32 Å². The topological polar surface area (TPSA) is 66.5 Å². The van der Waals surface area contributed by atoms with Crippen LogP contribution in [-0.2, 0) is 14.6 Å². The molecule has 1 amide bonds. The molecule has 2 fully saturated rings. The van der Waals surface area contributed by atoms with E-state index in [-0.39, 0.29) is 17.4 Å². The summed E-state index contributed by atoms with van der Waals surface area (Å²) in [5.74, 6) is 0.816. The predicted octanol–water partition coefficient (Wildman–Crippen LogP) is -1.15. The Hall–Kier alpha value is -0.620. The Kier molecular flexibility index (Phi) is 2.97. The van der Waals surface area contributed by atoms with Gasteiger partial charge in [0.1, 0.15) is 0 Å². The Morgan fingerprint density at radius 3 is 2.33 bits per heavy atom. The summed E-state index contributed by atoms with van der Waals surface area (Å²) in [5.41, 5.74) is 0. The molecule has 2 saturated heterocycles. The molecule has 0 spiro atoms. The van der Waals surface area contributed by atoms with Gasteiger partial charge in [0.05, 0.1) is 11.5 Å². The molecule has 6 heteroatoms. The van der Waals surface area contributed by atoms with Gasteiger partial charge in [-0.15, -0.1) is 0 Å². The van der Waals surface area contributed by atoms with Gasteiger partial charge in [-0.05, 0) is 19.0 Å². The fourth-order valence-electron chi connectivity index (χ4n) is 1.83. The van der Waals surface area contributed by atoms with Crippen molar-refractivity contribution in [3.8, 4) is 0 Å². The molecule has 2 aliphatic rings. The van der Waals surface area contributed by atoms with E-state index in [0.717, 1.165) is 13.1 Å². The Morgan fingerprint density at radius 2 is 1.87 bits per heavy atom. The van der Waals surface area contributed by atoms with E-state index in [4.69, 9.17) is 0 Å². The number of nitrogens with zero attached hydrogens (tertiary/aromatic N) is 1. The minimum Gasteiger partial charge on any atom is -0.341 e. The summed E-state index contributed by atoms with van der Waals surface area (Å²) in [5, 5.41) is 3.12. The highest BCUT2D eigenvalue weighted by Gasteiger charge is 2.28. The quantitative estimate of drug-likeness (QED) is 0.653. The predicted molar refractivity (Wildman–Crippen MR) is 56.2 cm³/mol. The third kappa shape index (κ3) is 2.69. The van der Waals surface area contributed by atoms with Crippen LogP contribution in [0.25, 0.3) is 0 Å². The molecule has 2 aliphatic heterocycles. The highest BCUT2D eigenvalue weighted by Crippen LogP contribution is 2.12. The maximum absolute atomic E-state index is 11.7. The molecule has 0 aromatic carbocycles. The third-order valence-electron chi connectivity index (χ3n) is 3.03. The first-order valence-corrected chi connectivity index (χ1v) is 7.08. The molecule has 0 atom stereocenters. The Bertz CT molecular complexity index is 334. The molecule has 0 bridgehead atoms. The van der Waals surface area contributed by atoms with Crippen molar-refractivity contribution in [1.82, 2.24) is 10.2 Å². The Balaban J connectivity index is 1.81. The van der Waals surface area contributed by atoms with E-state index in [9.17, 15) is 13.2 Å². The molecule has 0 aromatic rings. The van der Waals surface area contributed by atoms with Gasteiger partial charge in [-0.2, -0.15) is 0 Å². The maximum atomic E-state index is 11.7. The number of amides is 1. The lowest BCUT2D eigenvalue weighted by atomic mass is 9.99. The summed E-state index contributed by atoms with van der Waals surface area (Å²) < 4.78 is 22.3. The van der Waals surface area contributed by atoms with Gasteiger partial charge in [-0.3, -0.25) is 4.79 Å². The maximum Gasteiger partial charge on any atom is 0.223 e. The van der Waals surface area contributed by atoms with E-state index in [1.807, 2.05) is 0 Å². The van der Waals surface area contributed by atoms with Crippen LogP contribution in [0.15, 0.2) is 0 Å². The van der Waals surface area contributed by atoms with Gasteiger partial charge in [0.15, 0.2) is 9.84 Å². The fraction of sp³-hybridized carbons (Fsp3) is 0.889. The largest absolute Gasteiger partial charge is 0.341 e. The lowest BCUT2D eigenvalue weighted by Gasteiger charge is -2.31. The van der Waals surface area contributed by atoms with Crippen LogP contribution in [0.5, 0.6) is 0 Å².